The van der Waals surface area contributed by atoms with E-state index >= 15 is 0 Å². The first-order valence-electron chi connectivity index (χ1n) is 13.7. The summed E-state index contributed by atoms with van der Waals surface area (Å²) in [6.07, 6.45) is 21.2. The highest BCUT2D eigenvalue weighted by Crippen LogP contribution is 2.13. The molecular formula is C26H53N5O2. The summed E-state index contributed by atoms with van der Waals surface area (Å²) in [6.45, 7) is 5.18. The molecule has 6 N–H and O–H groups in total. The van der Waals surface area contributed by atoms with Crippen molar-refractivity contribution in [3.8, 4) is 0 Å². The molecule has 0 aliphatic heterocycles. The molecule has 0 aliphatic rings. The molecule has 0 aliphatic carbocycles. The van der Waals surface area contributed by atoms with Crippen LogP contribution in [0.3, 0.4) is 0 Å². The van der Waals surface area contributed by atoms with Gasteiger partial charge in [0.25, 0.3) is 0 Å². The van der Waals surface area contributed by atoms with Crippen LogP contribution in [0.15, 0.2) is 0 Å². The Hall–Kier alpha value is -1.79. The predicted molar refractivity (Wildman–Crippen MR) is 139 cm³/mol. The van der Waals surface area contributed by atoms with E-state index in [1.165, 1.54) is 83.5 Å². The summed E-state index contributed by atoms with van der Waals surface area (Å²) in [7, 11) is 0. The third kappa shape index (κ3) is 21.8. The van der Waals surface area contributed by atoms with Gasteiger partial charge in [-0.25, -0.2) is 0 Å². The lowest BCUT2D eigenvalue weighted by molar-refractivity contribution is -0.129. The molecule has 2 amide bonds. The second kappa shape index (κ2) is 23.4. The van der Waals surface area contributed by atoms with Crippen LogP contribution < -0.4 is 21.7 Å². The molecule has 0 heterocycles. The summed E-state index contributed by atoms with van der Waals surface area (Å²) in [5.74, 6) is -0.285. The van der Waals surface area contributed by atoms with Gasteiger partial charge in [-0.1, -0.05) is 96.8 Å². The number of rotatable bonds is 23. The molecule has 0 aromatic carbocycles. The Balaban J connectivity index is 3.70. The number of hydrogen-bond acceptors (Lipinski definition) is 3. The topological polar surface area (TPSA) is 120 Å². The smallest absolute Gasteiger partial charge is 0.242 e. The zero-order chi connectivity index (χ0) is 24.6. The van der Waals surface area contributed by atoms with Crippen molar-refractivity contribution < 1.29 is 9.59 Å². The van der Waals surface area contributed by atoms with Crippen LogP contribution in [-0.4, -0.2) is 36.9 Å². The van der Waals surface area contributed by atoms with Gasteiger partial charge in [0.15, 0.2) is 5.96 Å². The molecule has 0 aromatic rings. The van der Waals surface area contributed by atoms with Gasteiger partial charge in [-0.3, -0.25) is 15.0 Å². The summed E-state index contributed by atoms with van der Waals surface area (Å²) in [5, 5.41) is 15.5. The van der Waals surface area contributed by atoms with E-state index in [4.69, 9.17) is 11.1 Å². The normalized spacial score (nSPS) is 11.7. The SMILES string of the molecule is CCCCCCCCCCCCCCCCCC(=O)NC(CCCNC(=N)N)C(=O)NCC. The first-order chi connectivity index (χ1) is 16.0. The van der Waals surface area contributed by atoms with Crippen molar-refractivity contribution in [3.05, 3.63) is 0 Å². The van der Waals surface area contributed by atoms with Gasteiger partial charge in [-0.2, -0.15) is 0 Å². The maximum Gasteiger partial charge on any atom is 0.242 e. The van der Waals surface area contributed by atoms with Crippen molar-refractivity contribution >= 4 is 17.8 Å². The first kappa shape index (κ1) is 31.2. The number of likely N-dealkylation sites (N-methyl/N-ethyl adjacent to an activating group) is 1. The van der Waals surface area contributed by atoms with E-state index in [-0.39, 0.29) is 17.8 Å². The van der Waals surface area contributed by atoms with Gasteiger partial charge in [0.1, 0.15) is 6.04 Å². The summed E-state index contributed by atoms with van der Waals surface area (Å²) in [6, 6.07) is -0.525. The van der Waals surface area contributed by atoms with E-state index in [1.807, 2.05) is 6.92 Å². The van der Waals surface area contributed by atoms with Gasteiger partial charge in [0, 0.05) is 19.5 Å². The maximum atomic E-state index is 12.3. The third-order valence-corrected chi connectivity index (χ3v) is 6.00. The number of carbonyl (C=O) groups excluding carboxylic acids is 2. The molecule has 1 unspecified atom stereocenters. The summed E-state index contributed by atoms with van der Waals surface area (Å²) in [5.41, 5.74) is 5.27. The van der Waals surface area contributed by atoms with Crippen LogP contribution in [0.5, 0.6) is 0 Å². The van der Waals surface area contributed by atoms with Crippen LogP contribution in [0, 0.1) is 5.41 Å². The van der Waals surface area contributed by atoms with Gasteiger partial charge >= 0.3 is 0 Å². The molecular weight excluding hydrogens is 414 g/mol. The molecule has 0 saturated carbocycles. The zero-order valence-electron chi connectivity index (χ0n) is 21.6. The molecule has 0 aromatic heterocycles. The Morgan fingerprint density at radius 3 is 1.67 bits per heavy atom. The summed E-state index contributed by atoms with van der Waals surface area (Å²) >= 11 is 0. The fraction of sp³-hybridized carbons (Fsp3) is 0.885. The monoisotopic (exact) mass is 467 g/mol. The van der Waals surface area contributed by atoms with Gasteiger partial charge in [0.2, 0.25) is 11.8 Å². The molecule has 0 saturated heterocycles. The minimum atomic E-state index is -0.525. The molecule has 194 valence electrons. The van der Waals surface area contributed by atoms with Crippen molar-refractivity contribution in [1.29, 1.82) is 5.41 Å². The highest BCUT2D eigenvalue weighted by atomic mass is 16.2. The van der Waals surface area contributed by atoms with E-state index in [0.29, 0.717) is 32.4 Å². The fourth-order valence-electron chi connectivity index (χ4n) is 4.02. The van der Waals surface area contributed by atoms with Gasteiger partial charge in [0.05, 0.1) is 0 Å². The third-order valence-electron chi connectivity index (χ3n) is 6.00. The number of guanidine groups is 1. The lowest BCUT2D eigenvalue weighted by atomic mass is 10.0. The average molecular weight is 468 g/mol. The first-order valence-corrected chi connectivity index (χ1v) is 13.7. The molecule has 7 heteroatoms. The van der Waals surface area contributed by atoms with Crippen LogP contribution in [0.4, 0.5) is 0 Å². The second-order valence-corrected chi connectivity index (χ2v) is 9.20. The molecule has 0 rings (SSSR count). The minimum absolute atomic E-state index is 0.0551. The summed E-state index contributed by atoms with van der Waals surface area (Å²) < 4.78 is 0. The number of nitrogens with one attached hydrogen (secondary N) is 4. The molecule has 7 nitrogen and oxygen atoms in total. The number of hydrogen-bond donors (Lipinski definition) is 5. The Bertz CT molecular complexity index is 499. The highest BCUT2D eigenvalue weighted by Gasteiger charge is 2.19. The van der Waals surface area contributed by atoms with Crippen LogP contribution in [0.1, 0.15) is 129 Å². The van der Waals surface area contributed by atoms with E-state index in [1.54, 1.807) is 0 Å². The Morgan fingerprint density at radius 1 is 0.727 bits per heavy atom. The zero-order valence-corrected chi connectivity index (χ0v) is 21.6. The summed E-state index contributed by atoms with van der Waals surface area (Å²) in [4.78, 5) is 24.5. The van der Waals surface area contributed by atoms with E-state index in [0.717, 1.165) is 12.8 Å². The molecule has 0 fully saturated rings. The number of unbranched alkanes of at least 4 members (excludes halogenated alkanes) is 14. The number of nitrogens with two attached hydrogens (primary N) is 1. The average Bonchev–Trinajstić information content (AvgIpc) is 2.78. The predicted octanol–water partition coefficient (Wildman–Crippen LogP) is 5.13. The van der Waals surface area contributed by atoms with Crippen LogP contribution in [0.25, 0.3) is 0 Å². The van der Waals surface area contributed by atoms with Gasteiger partial charge in [-0.15, -0.1) is 0 Å². The standard InChI is InChI=1S/C26H53N5O2/c1-3-5-6-7-8-9-10-11-12-13-14-15-16-17-18-21-24(32)31-23(25(33)29-4-2)20-19-22-30-26(27)28/h23H,3-22H2,1-2H3,(H,29,33)(H,31,32)(H4,27,28,30). The molecule has 33 heavy (non-hydrogen) atoms. The lowest BCUT2D eigenvalue weighted by Gasteiger charge is -2.18. The van der Waals surface area contributed by atoms with Crippen LogP contribution >= 0.6 is 0 Å². The molecule has 1 atom stereocenters. The molecule has 0 spiro atoms. The van der Waals surface area contributed by atoms with Crippen LogP contribution in [0.2, 0.25) is 0 Å². The van der Waals surface area contributed by atoms with Crippen molar-refractivity contribution in [1.82, 2.24) is 16.0 Å². The number of amides is 2. The van der Waals surface area contributed by atoms with Crippen molar-refractivity contribution in [2.75, 3.05) is 13.1 Å². The Labute approximate surface area is 203 Å². The fourth-order valence-corrected chi connectivity index (χ4v) is 4.02. The highest BCUT2D eigenvalue weighted by molar-refractivity contribution is 5.87. The minimum Gasteiger partial charge on any atom is -0.370 e. The van der Waals surface area contributed by atoms with Crippen molar-refractivity contribution in [3.63, 3.8) is 0 Å². The quantitative estimate of drug-likeness (QED) is 0.0812. The van der Waals surface area contributed by atoms with Crippen molar-refractivity contribution in [2.45, 2.75) is 135 Å². The maximum absolute atomic E-state index is 12.3. The van der Waals surface area contributed by atoms with Gasteiger partial charge < -0.3 is 21.7 Å². The van der Waals surface area contributed by atoms with E-state index in [9.17, 15) is 9.59 Å². The number of carbonyl (C=O) groups is 2. The Kier molecular flexibility index (Phi) is 22.1. The van der Waals surface area contributed by atoms with E-state index < -0.39 is 6.04 Å². The second-order valence-electron chi connectivity index (χ2n) is 9.20. The lowest BCUT2D eigenvalue weighted by Crippen LogP contribution is -2.47. The van der Waals surface area contributed by atoms with Crippen molar-refractivity contribution in [2.24, 2.45) is 5.73 Å². The van der Waals surface area contributed by atoms with Crippen LogP contribution in [-0.2, 0) is 9.59 Å². The molecule has 0 bridgehead atoms. The van der Waals surface area contributed by atoms with Gasteiger partial charge in [-0.05, 0) is 26.2 Å². The Morgan fingerprint density at radius 2 is 1.21 bits per heavy atom. The molecule has 0 radical (unpaired) electrons. The van der Waals surface area contributed by atoms with E-state index in [2.05, 4.69) is 22.9 Å². The largest absolute Gasteiger partial charge is 0.370 e.